The highest BCUT2D eigenvalue weighted by molar-refractivity contribution is 5.73. The van der Waals surface area contributed by atoms with Crippen molar-refractivity contribution in [1.82, 2.24) is 5.32 Å². The molecular formula is C11H22N2O2. The van der Waals surface area contributed by atoms with Crippen molar-refractivity contribution >= 4 is 5.97 Å². The van der Waals surface area contributed by atoms with Gasteiger partial charge in [0.05, 0.1) is 0 Å². The Morgan fingerprint density at radius 3 is 2.60 bits per heavy atom. The summed E-state index contributed by atoms with van der Waals surface area (Å²) < 4.78 is 0. The van der Waals surface area contributed by atoms with Gasteiger partial charge in [-0.3, -0.25) is 4.79 Å². The summed E-state index contributed by atoms with van der Waals surface area (Å²) >= 11 is 0. The molecular weight excluding hydrogens is 192 g/mol. The topological polar surface area (TPSA) is 75.3 Å². The Bertz CT molecular complexity index is 201. The van der Waals surface area contributed by atoms with Crippen molar-refractivity contribution in [2.24, 2.45) is 17.6 Å². The van der Waals surface area contributed by atoms with Crippen LogP contribution in [-0.2, 0) is 4.79 Å². The number of nitrogens with one attached hydrogen (secondary N) is 1. The monoisotopic (exact) mass is 214 g/mol. The summed E-state index contributed by atoms with van der Waals surface area (Å²) in [5, 5.41) is 11.7. The first-order chi connectivity index (χ1) is 7.09. The van der Waals surface area contributed by atoms with E-state index >= 15 is 0 Å². The number of rotatable bonds is 5. The largest absolute Gasteiger partial charge is 0.480 e. The van der Waals surface area contributed by atoms with Crippen LogP contribution in [-0.4, -0.2) is 30.2 Å². The zero-order valence-electron chi connectivity index (χ0n) is 9.41. The fourth-order valence-electron chi connectivity index (χ4n) is 2.06. The van der Waals surface area contributed by atoms with Crippen LogP contribution in [0.3, 0.4) is 0 Å². The molecule has 0 saturated heterocycles. The van der Waals surface area contributed by atoms with Gasteiger partial charge in [0, 0.05) is 6.54 Å². The number of carboxylic acids is 1. The number of carbonyl (C=O) groups is 1. The normalized spacial score (nSPS) is 28.7. The second-order valence-electron chi connectivity index (χ2n) is 4.73. The van der Waals surface area contributed by atoms with Crippen LogP contribution >= 0.6 is 0 Å². The Morgan fingerprint density at radius 2 is 2.07 bits per heavy atom. The first kappa shape index (κ1) is 12.5. The molecule has 0 bridgehead atoms. The summed E-state index contributed by atoms with van der Waals surface area (Å²) in [6, 6.07) is -0.771. The molecule has 0 radical (unpaired) electrons. The van der Waals surface area contributed by atoms with Gasteiger partial charge in [-0.05, 0) is 31.2 Å². The van der Waals surface area contributed by atoms with Gasteiger partial charge in [0.25, 0.3) is 0 Å². The van der Waals surface area contributed by atoms with Gasteiger partial charge in [0.1, 0.15) is 6.04 Å². The fraction of sp³-hybridized carbons (Fsp3) is 0.909. The number of hydrogen-bond donors (Lipinski definition) is 3. The van der Waals surface area contributed by atoms with E-state index < -0.39 is 12.0 Å². The average Bonchev–Trinajstić information content (AvgIpc) is 2.20. The zero-order valence-corrected chi connectivity index (χ0v) is 9.41. The number of carboxylic acid groups (broad SMARTS) is 1. The highest BCUT2D eigenvalue weighted by Gasteiger charge is 2.18. The van der Waals surface area contributed by atoms with Gasteiger partial charge in [0.15, 0.2) is 0 Å². The molecule has 88 valence electrons. The third-order valence-corrected chi connectivity index (χ3v) is 3.25. The molecule has 1 fully saturated rings. The molecule has 0 spiro atoms. The third kappa shape index (κ3) is 4.62. The SMILES string of the molecule is CC1CCC(CNCC(N)C(=O)O)CC1. The van der Waals surface area contributed by atoms with E-state index in [0.717, 1.165) is 12.5 Å². The van der Waals surface area contributed by atoms with Gasteiger partial charge in [-0.2, -0.15) is 0 Å². The van der Waals surface area contributed by atoms with Gasteiger partial charge >= 0.3 is 5.97 Å². The van der Waals surface area contributed by atoms with Crippen molar-refractivity contribution in [3.05, 3.63) is 0 Å². The molecule has 4 nitrogen and oxygen atoms in total. The molecule has 1 atom stereocenters. The Morgan fingerprint density at radius 1 is 1.47 bits per heavy atom. The van der Waals surface area contributed by atoms with E-state index in [9.17, 15) is 4.79 Å². The van der Waals surface area contributed by atoms with E-state index in [1.807, 2.05) is 0 Å². The van der Waals surface area contributed by atoms with E-state index in [-0.39, 0.29) is 0 Å². The molecule has 1 aliphatic rings. The number of aliphatic carboxylic acids is 1. The molecule has 0 amide bonds. The maximum absolute atomic E-state index is 10.5. The Hall–Kier alpha value is -0.610. The summed E-state index contributed by atoms with van der Waals surface area (Å²) in [5.41, 5.74) is 5.39. The average molecular weight is 214 g/mol. The summed E-state index contributed by atoms with van der Waals surface area (Å²) in [4.78, 5) is 10.5. The van der Waals surface area contributed by atoms with Gasteiger partial charge in [-0.1, -0.05) is 19.8 Å². The molecule has 1 unspecified atom stereocenters. The van der Waals surface area contributed by atoms with Crippen LogP contribution in [0.2, 0.25) is 0 Å². The Balaban J connectivity index is 2.07. The summed E-state index contributed by atoms with van der Waals surface area (Å²) in [5.74, 6) is 0.643. The highest BCUT2D eigenvalue weighted by Crippen LogP contribution is 2.27. The molecule has 0 aromatic rings. The van der Waals surface area contributed by atoms with Crippen LogP contribution in [0.4, 0.5) is 0 Å². The maximum atomic E-state index is 10.5. The third-order valence-electron chi connectivity index (χ3n) is 3.25. The predicted molar refractivity (Wildman–Crippen MR) is 59.6 cm³/mol. The van der Waals surface area contributed by atoms with Crippen molar-refractivity contribution in [2.75, 3.05) is 13.1 Å². The second-order valence-corrected chi connectivity index (χ2v) is 4.73. The first-order valence-electron chi connectivity index (χ1n) is 5.78. The van der Waals surface area contributed by atoms with Crippen molar-refractivity contribution < 1.29 is 9.90 Å². The quantitative estimate of drug-likeness (QED) is 0.633. The van der Waals surface area contributed by atoms with Crippen LogP contribution in [0, 0.1) is 11.8 Å². The minimum absolute atomic E-state index is 0.376. The van der Waals surface area contributed by atoms with E-state index in [4.69, 9.17) is 10.8 Å². The first-order valence-corrected chi connectivity index (χ1v) is 5.78. The van der Waals surface area contributed by atoms with Crippen LogP contribution in [0.25, 0.3) is 0 Å². The standard InChI is InChI=1S/C11H22N2O2/c1-8-2-4-9(5-3-8)6-13-7-10(12)11(14)15/h8-10,13H,2-7,12H2,1H3,(H,14,15). The van der Waals surface area contributed by atoms with E-state index in [0.29, 0.717) is 12.5 Å². The van der Waals surface area contributed by atoms with Crippen LogP contribution in [0.5, 0.6) is 0 Å². The van der Waals surface area contributed by atoms with E-state index in [2.05, 4.69) is 12.2 Å². The zero-order chi connectivity index (χ0) is 11.3. The molecule has 4 heteroatoms. The Kier molecular flexibility index (Phi) is 5.05. The number of nitrogens with two attached hydrogens (primary N) is 1. The minimum Gasteiger partial charge on any atom is -0.480 e. The van der Waals surface area contributed by atoms with Gasteiger partial charge in [0.2, 0.25) is 0 Å². The molecule has 0 aliphatic heterocycles. The van der Waals surface area contributed by atoms with Crippen molar-refractivity contribution in [2.45, 2.75) is 38.6 Å². The van der Waals surface area contributed by atoms with E-state index in [1.165, 1.54) is 25.7 Å². The smallest absolute Gasteiger partial charge is 0.321 e. The molecule has 15 heavy (non-hydrogen) atoms. The highest BCUT2D eigenvalue weighted by atomic mass is 16.4. The second kappa shape index (κ2) is 6.08. The number of hydrogen-bond acceptors (Lipinski definition) is 3. The molecule has 1 aliphatic carbocycles. The van der Waals surface area contributed by atoms with Crippen LogP contribution in [0.15, 0.2) is 0 Å². The van der Waals surface area contributed by atoms with Crippen LogP contribution < -0.4 is 11.1 Å². The van der Waals surface area contributed by atoms with Crippen LogP contribution in [0.1, 0.15) is 32.6 Å². The van der Waals surface area contributed by atoms with Gasteiger partial charge in [-0.25, -0.2) is 0 Å². The minimum atomic E-state index is -0.931. The fourth-order valence-corrected chi connectivity index (χ4v) is 2.06. The molecule has 0 heterocycles. The van der Waals surface area contributed by atoms with Crippen molar-refractivity contribution in [3.63, 3.8) is 0 Å². The molecule has 0 aromatic carbocycles. The van der Waals surface area contributed by atoms with Gasteiger partial charge in [-0.15, -0.1) is 0 Å². The Labute approximate surface area is 91.2 Å². The van der Waals surface area contributed by atoms with Crippen molar-refractivity contribution in [1.29, 1.82) is 0 Å². The lowest BCUT2D eigenvalue weighted by Gasteiger charge is -2.26. The van der Waals surface area contributed by atoms with Crippen molar-refractivity contribution in [3.8, 4) is 0 Å². The lowest BCUT2D eigenvalue weighted by Crippen LogP contribution is -2.41. The maximum Gasteiger partial charge on any atom is 0.321 e. The lowest BCUT2D eigenvalue weighted by molar-refractivity contribution is -0.138. The summed E-state index contributed by atoms with van der Waals surface area (Å²) in [6.07, 6.45) is 5.13. The molecule has 1 saturated carbocycles. The van der Waals surface area contributed by atoms with Gasteiger partial charge < -0.3 is 16.2 Å². The predicted octanol–water partition coefficient (Wildman–Crippen LogP) is 0.814. The molecule has 4 N–H and O–H groups in total. The molecule has 1 rings (SSSR count). The summed E-state index contributed by atoms with van der Waals surface area (Å²) in [6.45, 7) is 3.58. The summed E-state index contributed by atoms with van der Waals surface area (Å²) in [7, 11) is 0. The molecule has 0 aromatic heterocycles. The van der Waals surface area contributed by atoms with E-state index in [1.54, 1.807) is 0 Å². The lowest BCUT2D eigenvalue weighted by atomic mass is 9.83.